The monoisotopic (exact) mass is 892 g/mol. The summed E-state index contributed by atoms with van der Waals surface area (Å²) in [5.41, 5.74) is 6.51. The van der Waals surface area contributed by atoms with Gasteiger partial charge in [-0.1, -0.05) is 115 Å². The van der Waals surface area contributed by atoms with Gasteiger partial charge >= 0.3 is 5.97 Å². The van der Waals surface area contributed by atoms with Crippen LogP contribution in [0.25, 0.3) is 11.1 Å². The van der Waals surface area contributed by atoms with Gasteiger partial charge in [-0.3, -0.25) is 14.5 Å². The lowest BCUT2D eigenvalue weighted by atomic mass is 9.87. The van der Waals surface area contributed by atoms with Crippen LogP contribution in [0.5, 0.6) is 11.5 Å². The summed E-state index contributed by atoms with van der Waals surface area (Å²) in [7, 11) is 1.72. The molecule has 2 N–H and O–H groups in total. The lowest BCUT2D eigenvalue weighted by molar-refractivity contribution is -0.148. The van der Waals surface area contributed by atoms with Crippen molar-refractivity contribution in [1.82, 2.24) is 10.2 Å². The number of rotatable bonds is 13. The fourth-order valence-corrected chi connectivity index (χ4v) is 8.91. The number of carbonyl (C=O) groups is 3. The van der Waals surface area contributed by atoms with E-state index in [1.807, 2.05) is 97.1 Å². The molecular weight excluding hydrogens is 847 g/mol. The Morgan fingerprint density at radius 3 is 2.20 bits per heavy atom. The maximum absolute atomic E-state index is 14.7. The molecule has 0 saturated heterocycles. The Balaban J connectivity index is 1.04. The van der Waals surface area contributed by atoms with Crippen LogP contribution < -0.4 is 19.7 Å². The van der Waals surface area contributed by atoms with Gasteiger partial charge in [0.1, 0.15) is 23.6 Å². The third kappa shape index (κ3) is 9.20. The minimum Gasteiger partial charge on any atom is -0.489 e. The van der Waals surface area contributed by atoms with Crippen LogP contribution in [-0.2, 0) is 40.4 Å². The number of aliphatic carboxylic acids is 1. The number of hydrogen-bond donors (Lipinski definition) is 2. The average molecular weight is 894 g/mol. The van der Waals surface area contributed by atoms with Crippen LogP contribution in [0.1, 0.15) is 71.4 Å². The highest BCUT2D eigenvalue weighted by atomic mass is 35.5. The smallest absolute Gasteiger partial charge is 0.329 e. The number of nitrogens with zero attached hydrogens (tertiary/aromatic N) is 3. The van der Waals surface area contributed by atoms with Crippen molar-refractivity contribution in [3.8, 4) is 28.7 Å². The molecular formula is C52H46Cl2N4O6. The van der Waals surface area contributed by atoms with Gasteiger partial charge in [0.2, 0.25) is 12.0 Å². The first-order chi connectivity index (χ1) is 30.8. The lowest BCUT2D eigenvalue weighted by Gasteiger charge is -2.43. The number of carboxylic acids is 1. The number of likely N-dealkylation sites (N-methyl/N-ethyl adjacent to an activating group) is 1. The molecule has 0 fully saturated rings. The predicted octanol–water partition coefficient (Wildman–Crippen LogP) is 10.3. The van der Waals surface area contributed by atoms with Crippen LogP contribution in [0.2, 0.25) is 10.0 Å². The zero-order valence-corrected chi connectivity index (χ0v) is 37.1. The molecule has 2 aliphatic rings. The van der Waals surface area contributed by atoms with Crippen LogP contribution >= 0.6 is 23.2 Å². The minimum atomic E-state index is -1.63. The Bertz CT molecular complexity index is 2740. The molecule has 2 amide bonds. The van der Waals surface area contributed by atoms with Gasteiger partial charge in [-0.05, 0) is 107 Å². The lowest BCUT2D eigenvalue weighted by Crippen LogP contribution is -2.60. The topological polar surface area (TPSA) is 132 Å². The van der Waals surface area contributed by atoms with Gasteiger partial charge in [0.05, 0.1) is 33.4 Å². The number of amides is 2. The van der Waals surface area contributed by atoms with E-state index in [2.05, 4.69) is 23.2 Å². The highest BCUT2D eigenvalue weighted by Crippen LogP contribution is 2.44. The molecule has 0 bridgehead atoms. The molecule has 0 saturated carbocycles. The Hall–Kier alpha value is -6.64. The number of nitrogens with one attached hydrogen (secondary N) is 1. The number of hydrogen-bond acceptors (Lipinski definition) is 7. The molecule has 12 heteroatoms. The van der Waals surface area contributed by atoms with E-state index in [0.29, 0.717) is 51.3 Å². The molecule has 6 aromatic carbocycles. The fraction of sp³-hybridized carbons (Fsp3) is 0.231. The molecule has 2 heterocycles. The normalized spacial score (nSPS) is 17.2. The molecule has 6 aromatic rings. The first kappa shape index (κ1) is 44.0. The number of carbonyl (C=O) groups excluding carboxylic acids is 2. The summed E-state index contributed by atoms with van der Waals surface area (Å²) >= 11 is 12.2. The Morgan fingerprint density at radius 2 is 1.56 bits per heavy atom. The highest BCUT2D eigenvalue weighted by molar-refractivity contribution is 6.42. The highest BCUT2D eigenvalue weighted by Gasteiger charge is 2.43. The third-order valence-corrected chi connectivity index (χ3v) is 12.9. The van der Waals surface area contributed by atoms with Crippen molar-refractivity contribution < 1.29 is 29.0 Å². The first-order valence-corrected chi connectivity index (χ1v) is 21.8. The van der Waals surface area contributed by atoms with E-state index in [-0.39, 0.29) is 31.4 Å². The molecule has 64 heavy (non-hydrogen) atoms. The van der Waals surface area contributed by atoms with Crippen molar-refractivity contribution in [3.05, 3.63) is 182 Å². The van der Waals surface area contributed by atoms with Gasteiger partial charge in [0, 0.05) is 31.6 Å². The predicted molar refractivity (Wildman–Crippen MR) is 247 cm³/mol. The maximum Gasteiger partial charge on any atom is 0.329 e. The number of ether oxygens (including phenoxy) is 2. The number of nitriles is 1. The van der Waals surface area contributed by atoms with E-state index in [1.54, 1.807) is 55.3 Å². The second-order valence-electron chi connectivity index (χ2n) is 16.5. The van der Waals surface area contributed by atoms with Gasteiger partial charge in [0.25, 0.3) is 5.91 Å². The molecule has 0 aromatic heterocycles. The summed E-state index contributed by atoms with van der Waals surface area (Å²) < 4.78 is 12.5. The molecule has 0 radical (unpaired) electrons. The second kappa shape index (κ2) is 18.6. The van der Waals surface area contributed by atoms with Crippen LogP contribution in [0.3, 0.4) is 0 Å². The first-order valence-electron chi connectivity index (χ1n) is 21.1. The largest absolute Gasteiger partial charge is 0.489 e. The third-order valence-electron chi connectivity index (χ3n) is 12.2. The molecule has 4 atom stereocenters. The molecule has 10 nitrogen and oxygen atoms in total. The quantitative estimate of drug-likeness (QED) is 0.117. The average Bonchev–Trinajstić information content (AvgIpc) is 3.31. The van der Waals surface area contributed by atoms with Crippen molar-refractivity contribution in [1.29, 1.82) is 5.26 Å². The van der Waals surface area contributed by atoms with Crippen molar-refractivity contribution in [3.63, 3.8) is 0 Å². The van der Waals surface area contributed by atoms with E-state index in [9.17, 15) is 24.8 Å². The molecule has 2 aliphatic heterocycles. The van der Waals surface area contributed by atoms with Crippen molar-refractivity contribution in [2.45, 2.75) is 70.0 Å². The maximum atomic E-state index is 14.7. The summed E-state index contributed by atoms with van der Waals surface area (Å²) in [6.07, 6.45) is 0.126. The van der Waals surface area contributed by atoms with E-state index in [1.165, 1.54) is 0 Å². The number of benzene rings is 6. The summed E-state index contributed by atoms with van der Waals surface area (Å²) in [6.45, 7) is 4.29. The van der Waals surface area contributed by atoms with E-state index in [0.717, 1.165) is 38.9 Å². The standard InChI is InChI=1S/C52H46Cl2N4O6/c1-4-44(37-8-6-5-7-9-37)58-30-40-27-47-45(57(3)50(60)48(64-47)38-19-21-41(22-20-38)63-31-34-14-23-42(53)43(54)24-34)25-39(40)26-46(58)49(59)56-52(2,51(61)62)28-32-10-15-35(16-11-32)36-17-12-33(29-55)13-18-36/h5-25,27,44,46,48H,4,26,28,30-31H2,1-3H3,(H,56,59)(H,61,62)/t44-,46-,48+,52-/m0/s1. The van der Waals surface area contributed by atoms with Crippen molar-refractivity contribution >= 4 is 46.7 Å². The minimum absolute atomic E-state index is 0.0499. The number of halogens is 2. The van der Waals surface area contributed by atoms with E-state index >= 15 is 0 Å². The van der Waals surface area contributed by atoms with Crippen LogP contribution in [0.15, 0.2) is 133 Å². The number of fused-ring (bicyclic) bond motifs is 2. The fourth-order valence-electron chi connectivity index (χ4n) is 8.59. The number of carboxylic acid groups (broad SMARTS) is 1. The Labute approximate surface area is 382 Å². The van der Waals surface area contributed by atoms with Crippen molar-refractivity contribution in [2.75, 3.05) is 11.9 Å². The summed E-state index contributed by atoms with van der Waals surface area (Å²) in [4.78, 5) is 45.4. The van der Waals surface area contributed by atoms with Gasteiger partial charge in [-0.25, -0.2) is 4.79 Å². The van der Waals surface area contributed by atoms with Crippen molar-refractivity contribution in [2.24, 2.45) is 0 Å². The summed E-state index contributed by atoms with van der Waals surface area (Å²) in [6, 6.07) is 42.5. The molecule has 0 spiro atoms. The van der Waals surface area contributed by atoms with Gasteiger partial charge in [-0.15, -0.1) is 0 Å². The van der Waals surface area contributed by atoms with E-state index < -0.39 is 29.6 Å². The number of anilines is 1. The SMILES string of the molecule is CC[C@@H](c1ccccc1)N1Cc2cc3c(cc2C[C@H]1C(=O)N[C@@](C)(Cc1ccc(-c2ccc(C#N)cc2)cc1)C(=O)O)N(C)C(=O)[C@@H](c1ccc(OCc2ccc(Cl)c(Cl)c2)cc1)O3. The van der Waals surface area contributed by atoms with Crippen LogP contribution in [0.4, 0.5) is 5.69 Å². The van der Waals surface area contributed by atoms with Gasteiger partial charge in [-0.2, -0.15) is 5.26 Å². The molecule has 0 aliphatic carbocycles. The Kier molecular flexibility index (Phi) is 12.8. The zero-order valence-electron chi connectivity index (χ0n) is 35.6. The zero-order chi connectivity index (χ0) is 45.1. The van der Waals surface area contributed by atoms with E-state index in [4.69, 9.17) is 32.7 Å². The van der Waals surface area contributed by atoms with Crippen LogP contribution in [-0.4, -0.2) is 46.4 Å². The summed E-state index contributed by atoms with van der Waals surface area (Å²) in [5.74, 6) is -0.642. The second-order valence-corrected chi connectivity index (χ2v) is 17.3. The molecule has 8 rings (SSSR count). The molecule has 324 valence electrons. The van der Waals surface area contributed by atoms with Crippen LogP contribution in [0, 0.1) is 11.3 Å². The van der Waals surface area contributed by atoms with Gasteiger partial charge in [0.15, 0.2) is 0 Å². The Morgan fingerprint density at radius 1 is 0.891 bits per heavy atom. The summed E-state index contributed by atoms with van der Waals surface area (Å²) in [5, 5.41) is 23.7. The van der Waals surface area contributed by atoms with Gasteiger partial charge < -0.3 is 24.8 Å². The molecule has 0 unspecified atom stereocenters.